The summed E-state index contributed by atoms with van der Waals surface area (Å²) in [6.07, 6.45) is 8.08. The van der Waals surface area contributed by atoms with Gasteiger partial charge in [-0.3, -0.25) is 4.68 Å². The quantitative estimate of drug-likeness (QED) is 0.812. The van der Waals surface area contributed by atoms with E-state index in [1.54, 1.807) is 0 Å². The number of hydrogen-bond donors (Lipinski definition) is 1. The van der Waals surface area contributed by atoms with Crippen LogP contribution in [0.2, 0.25) is 0 Å². The molecule has 0 aliphatic rings. The lowest BCUT2D eigenvalue weighted by Gasteiger charge is -2.03. The minimum absolute atomic E-state index is 0.714. The monoisotopic (exact) mass is 218 g/mol. The predicted molar refractivity (Wildman–Crippen MR) is 64.1 cm³/mol. The van der Waals surface area contributed by atoms with Gasteiger partial charge in [0.2, 0.25) is 0 Å². The van der Waals surface area contributed by atoms with Crippen LogP contribution in [0.15, 0.2) is 30.7 Å². The maximum absolute atomic E-state index is 5.52. The van der Waals surface area contributed by atoms with Gasteiger partial charge >= 0.3 is 0 Å². The van der Waals surface area contributed by atoms with E-state index in [1.807, 2.05) is 17.9 Å². The highest BCUT2D eigenvalue weighted by Gasteiger charge is 2.00. The molecule has 0 amide bonds. The Morgan fingerprint density at radius 1 is 1.31 bits per heavy atom. The predicted octanol–water partition coefficient (Wildman–Crippen LogP) is 0.966. The second kappa shape index (κ2) is 4.99. The number of aromatic nitrogens is 3. The summed E-state index contributed by atoms with van der Waals surface area (Å²) < 4.78 is 4.13. The fourth-order valence-electron chi connectivity index (χ4n) is 1.83. The Labute approximate surface area is 95.7 Å². The molecule has 16 heavy (non-hydrogen) atoms. The Balaban J connectivity index is 1.92. The first kappa shape index (κ1) is 11.0. The van der Waals surface area contributed by atoms with Crippen LogP contribution in [0.5, 0.6) is 0 Å². The van der Waals surface area contributed by atoms with Crippen molar-refractivity contribution in [3.63, 3.8) is 0 Å². The van der Waals surface area contributed by atoms with Gasteiger partial charge in [-0.1, -0.05) is 0 Å². The summed E-state index contributed by atoms with van der Waals surface area (Å²) >= 11 is 0. The molecule has 2 N–H and O–H groups in total. The molecule has 2 aromatic heterocycles. The fourth-order valence-corrected chi connectivity index (χ4v) is 1.83. The van der Waals surface area contributed by atoms with Crippen molar-refractivity contribution in [1.82, 2.24) is 14.3 Å². The largest absolute Gasteiger partial charge is 0.354 e. The maximum atomic E-state index is 5.52. The van der Waals surface area contributed by atoms with Crippen molar-refractivity contribution in [2.75, 3.05) is 6.54 Å². The summed E-state index contributed by atoms with van der Waals surface area (Å²) in [4.78, 5) is 0. The first-order valence-electron chi connectivity index (χ1n) is 5.61. The minimum atomic E-state index is 0.714. The van der Waals surface area contributed by atoms with Gasteiger partial charge in [0, 0.05) is 44.3 Å². The third kappa shape index (κ3) is 2.52. The SMILES string of the molecule is Cn1nccc1CCn1ccc(CCN)c1. The first-order chi connectivity index (χ1) is 7.79. The Morgan fingerprint density at radius 2 is 2.19 bits per heavy atom. The van der Waals surface area contributed by atoms with E-state index in [1.165, 1.54) is 11.3 Å². The molecule has 2 aromatic rings. The van der Waals surface area contributed by atoms with Crippen LogP contribution in [0.3, 0.4) is 0 Å². The van der Waals surface area contributed by atoms with Crippen molar-refractivity contribution in [2.45, 2.75) is 19.4 Å². The number of nitrogens with two attached hydrogens (primary N) is 1. The van der Waals surface area contributed by atoms with Gasteiger partial charge in [0.15, 0.2) is 0 Å². The topological polar surface area (TPSA) is 48.8 Å². The smallest absolute Gasteiger partial charge is 0.0492 e. The van der Waals surface area contributed by atoms with E-state index < -0.39 is 0 Å². The number of rotatable bonds is 5. The second-order valence-electron chi connectivity index (χ2n) is 3.99. The van der Waals surface area contributed by atoms with Gasteiger partial charge < -0.3 is 10.3 Å². The van der Waals surface area contributed by atoms with Crippen LogP contribution in [-0.2, 0) is 26.4 Å². The molecule has 2 heterocycles. The lowest BCUT2D eigenvalue weighted by atomic mass is 10.2. The summed E-state index contributed by atoms with van der Waals surface area (Å²) in [5.74, 6) is 0. The van der Waals surface area contributed by atoms with Crippen molar-refractivity contribution < 1.29 is 0 Å². The van der Waals surface area contributed by atoms with Crippen molar-refractivity contribution in [2.24, 2.45) is 12.8 Å². The Hall–Kier alpha value is -1.55. The fraction of sp³-hybridized carbons (Fsp3) is 0.417. The molecule has 2 rings (SSSR count). The van der Waals surface area contributed by atoms with E-state index in [-0.39, 0.29) is 0 Å². The van der Waals surface area contributed by atoms with Crippen LogP contribution >= 0.6 is 0 Å². The van der Waals surface area contributed by atoms with Crippen LogP contribution in [0.1, 0.15) is 11.3 Å². The summed E-state index contributed by atoms with van der Waals surface area (Å²) in [5, 5.41) is 4.15. The minimum Gasteiger partial charge on any atom is -0.354 e. The van der Waals surface area contributed by atoms with Gasteiger partial charge in [-0.2, -0.15) is 5.10 Å². The van der Waals surface area contributed by atoms with Crippen molar-refractivity contribution in [3.8, 4) is 0 Å². The van der Waals surface area contributed by atoms with E-state index in [9.17, 15) is 0 Å². The maximum Gasteiger partial charge on any atom is 0.0492 e. The molecule has 0 aliphatic heterocycles. The average Bonchev–Trinajstić information content (AvgIpc) is 2.86. The summed E-state index contributed by atoms with van der Waals surface area (Å²) in [6, 6.07) is 4.19. The first-order valence-corrected chi connectivity index (χ1v) is 5.61. The molecule has 86 valence electrons. The molecule has 4 nitrogen and oxygen atoms in total. The molecule has 0 aromatic carbocycles. The van der Waals surface area contributed by atoms with Crippen LogP contribution < -0.4 is 5.73 Å². The molecular formula is C12H18N4. The zero-order chi connectivity index (χ0) is 11.4. The molecule has 4 heteroatoms. The lowest BCUT2D eigenvalue weighted by molar-refractivity contribution is 0.638. The highest BCUT2D eigenvalue weighted by atomic mass is 15.3. The highest BCUT2D eigenvalue weighted by molar-refractivity contribution is 5.11. The normalized spacial score (nSPS) is 10.9. The van der Waals surface area contributed by atoms with Crippen LogP contribution in [0.25, 0.3) is 0 Å². The van der Waals surface area contributed by atoms with E-state index in [2.05, 4.69) is 34.2 Å². The van der Waals surface area contributed by atoms with Crippen molar-refractivity contribution in [3.05, 3.63) is 42.0 Å². The summed E-state index contributed by atoms with van der Waals surface area (Å²) in [7, 11) is 1.98. The molecule has 0 saturated heterocycles. The van der Waals surface area contributed by atoms with Gasteiger partial charge in [0.1, 0.15) is 0 Å². The number of nitrogens with zero attached hydrogens (tertiary/aromatic N) is 3. The molecule has 0 atom stereocenters. The highest BCUT2D eigenvalue weighted by Crippen LogP contribution is 2.04. The molecule has 0 radical (unpaired) electrons. The average molecular weight is 218 g/mol. The van der Waals surface area contributed by atoms with Crippen molar-refractivity contribution >= 4 is 0 Å². The summed E-state index contributed by atoms with van der Waals surface area (Å²) in [5.41, 5.74) is 8.09. The molecule has 0 aliphatic carbocycles. The molecule has 0 spiro atoms. The zero-order valence-electron chi connectivity index (χ0n) is 9.63. The van der Waals surface area contributed by atoms with Crippen molar-refractivity contribution in [1.29, 1.82) is 0 Å². The Bertz CT molecular complexity index is 441. The summed E-state index contributed by atoms with van der Waals surface area (Å²) in [6.45, 7) is 1.70. The Morgan fingerprint density at radius 3 is 2.88 bits per heavy atom. The van der Waals surface area contributed by atoms with Gasteiger partial charge in [0.05, 0.1) is 0 Å². The van der Waals surface area contributed by atoms with E-state index in [4.69, 9.17) is 5.73 Å². The van der Waals surface area contributed by atoms with Crippen LogP contribution in [-0.4, -0.2) is 20.9 Å². The van der Waals surface area contributed by atoms with Gasteiger partial charge in [0.25, 0.3) is 0 Å². The molecule has 0 unspecified atom stereocenters. The second-order valence-corrected chi connectivity index (χ2v) is 3.99. The number of aryl methyl sites for hydroxylation is 3. The standard InChI is InChI=1S/C12H18N4/c1-15-12(3-7-14-15)5-9-16-8-4-11(10-16)2-6-13/h3-4,7-8,10H,2,5-6,9,13H2,1H3. The van der Waals surface area contributed by atoms with Crippen LogP contribution in [0, 0.1) is 0 Å². The Kier molecular flexibility index (Phi) is 3.41. The third-order valence-corrected chi connectivity index (χ3v) is 2.79. The van der Waals surface area contributed by atoms with Gasteiger partial charge in [-0.15, -0.1) is 0 Å². The number of hydrogen-bond acceptors (Lipinski definition) is 2. The van der Waals surface area contributed by atoms with E-state index in [0.717, 1.165) is 19.4 Å². The lowest BCUT2D eigenvalue weighted by Crippen LogP contribution is -2.04. The molecular weight excluding hydrogens is 200 g/mol. The van der Waals surface area contributed by atoms with Crippen LogP contribution in [0.4, 0.5) is 0 Å². The third-order valence-electron chi connectivity index (χ3n) is 2.79. The molecule has 0 fully saturated rings. The zero-order valence-corrected chi connectivity index (χ0v) is 9.63. The molecule has 0 saturated carbocycles. The van der Waals surface area contributed by atoms with E-state index in [0.29, 0.717) is 6.54 Å². The van der Waals surface area contributed by atoms with Gasteiger partial charge in [-0.05, 0) is 30.7 Å². The van der Waals surface area contributed by atoms with Gasteiger partial charge in [-0.25, -0.2) is 0 Å². The molecule has 0 bridgehead atoms. The van der Waals surface area contributed by atoms with E-state index >= 15 is 0 Å².